The standard InChI is InChI=1S/C15H26N2O3/c1-15(2,3)20-14(18)17-8-7-11(13(10-17)19-4)9-16-12-5-6-12/h9,12,14,18H,5-8,10H2,1-4H3. The van der Waals surface area contributed by atoms with Crippen molar-refractivity contribution in [1.82, 2.24) is 4.90 Å². The Kier molecular flexibility index (Phi) is 4.83. The molecular weight excluding hydrogens is 256 g/mol. The third kappa shape index (κ3) is 4.58. The first-order valence-electron chi connectivity index (χ1n) is 7.28. The average molecular weight is 282 g/mol. The molecule has 1 N–H and O–H groups in total. The molecule has 0 bridgehead atoms. The van der Waals surface area contributed by atoms with Crippen molar-refractivity contribution in [2.75, 3.05) is 20.2 Å². The van der Waals surface area contributed by atoms with Crippen molar-refractivity contribution in [3.63, 3.8) is 0 Å². The van der Waals surface area contributed by atoms with E-state index >= 15 is 0 Å². The molecule has 0 aromatic carbocycles. The van der Waals surface area contributed by atoms with Gasteiger partial charge in [-0.15, -0.1) is 0 Å². The SMILES string of the molecule is COC1=C(C=NC2CC2)CCN(C(O)OC(C)(C)C)C1. The summed E-state index contributed by atoms with van der Waals surface area (Å²) in [6, 6.07) is 0.522. The zero-order valence-electron chi connectivity index (χ0n) is 12.9. The van der Waals surface area contributed by atoms with Gasteiger partial charge in [0.1, 0.15) is 5.76 Å². The van der Waals surface area contributed by atoms with Gasteiger partial charge in [-0.05, 0) is 40.0 Å². The summed E-state index contributed by atoms with van der Waals surface area (Å²) in [6.07, 6.45) is 4.28. The molecule has 0 aromatic rings. The highest BCUT2D eigenvalue weighted by Gasteiger charge is 2.28. The van der Waals surface area contributed by atoms with Gasteiger partial charge in [-0.25, -0.2) is 4.90 Å². The maximum Gasteiger partial charge on any atom is 0.217 e. The van der Waals surface area contributed by atoms with Gasteiger partial charge in [0.15, 0.2) is 0 Å². The van der Waals surface area contributed by atoms with Crippen molar-refractivity contribution in [2.45, 2.75) is 58.1 Å². The van der Waals surface area contributed by atoms with Crippen molar-refractivity contribution in [2.24, 2.45) is 4.99 Å². The fraction of sp³-hybridized carbons (Fsp3) is 0.800. The van der Waals surface area contributed by atoms with Crippen LogP contribution in [0.1, 0.15) is 40.0 Å². The Bertz CT molecular complexity index is 394. The molecule has 0 amide bonds. The van der Waals surface area contributed by atoms with Gasteiger partial charge in [-0.3, -0.25) is 4.99 Å². The van der Waals surface area contributed by atoms with Gasteiger partial charge >= 0.3 is 0 Å². The van der Waals surface area contributed by atoms with Gasteiger partial charge in [0.2, 0.25) is 6.41 Å². The molecule has 5 heteroatoms. The van der Waals surface area contributed by atoms with Crippen LogP contribution in [0, 0.1) is 0 Å². The summed E-state index contributed by atoms with van der Waals surface area (Å²) < 4.78 is 11.0. The Hall–Kier alpha value is -0.910. The van der Waals surface area contributed by atoms with Crippen molar-refractivity contribution >= 4 is 6.21 Å². The highest BCUT2D eigenvalue weighted by molar-refractivity contribution is 5.80. The third-order valence-electron chi connectivity index (χ3n) is 3.38. The zero-order chi connectivity index (χ0) is 14.8. The first-order chi connectivity index (χ1) is 9.39. The summed E-state index contributed by atoms with van der Waals surface area (Å²) in [5.41, 5.74) is 0.767. The number of methoxy groups -OCH3 is 1. The minimum atomic E-state index is -0.901. The number of nitrogens with zero attached hydrogens (tertiary/aromatic N) is 2. The van der Waals surface area contributed by atoms with Crippen LogP contribution in [0.5, 0.6) is 0 Å². The maximum atomic E-state index is 10.1. The van der Waals surface area contributed by atoms with E-state index in [-0.39, 0.29) is 5.60 Å². The summed E-state index contributed by atoms with van der Waals surface area (Å²) in [7, 11) is 1.67. The highest BCUT2D eigenvalue weighted by Crippen LogP contribution is 2.25. The second-order valence-corrected chi connectivity index (χ2v) is 6.44. The van der Waals surface area contributed by atoms with E-state index in [4.69, 9.17) is 9.47 Å². The van der Waals surface area contributed by atoms with Crippen LogP contribution in [0.25, 0.3) is 0 Å². The monoisotopic (exact) mass is 282 g/mol. The van der Waals surface area contributed by atoms with E-state index in [1.807, 2.05) is 31.9 Å². The fourth-order valence-electron chi connectivity index (χ4n) is 2.10. The number of aliphatic hydroxyl groups excluding tert-OH is 1. The van der Waals surface area contributed by atoms with E-state index in [0.29, 0.717) is 12.6 Å². The van der Waals surface area contributed by atoms with Crippen LogP contribution in [0.3, 0.4) is 0 Å². The summed E-state index contributed by atoms with van der Waals surface area (Å²) in [6.45, 7) is 7.10. The number of hydrogen-bond donors (Lipinski definition) is 1. The Morgan fingerprint density at radius 1 is 1.40 bits per heavy atom. The largest absolute Gasteiger partial charge is 0.499 e. The second-order valence-electron chi connectivity index (χ2n) is 6.44. The molecule has 0 saturated heterocycles. The van der Waals surface area contributed by atoms with Crippen molar-refractivity contribution in [3.8, 4) is 0 Å². The summed E-state index contributed by atoms with van der Waals surface area (Å²) in [5, 5.41) is 10.1. The minimum Gasteiger partial charge on any atom is -0.499 e. The van der Waals surface area contributed by atoms with Gasteiger partial charge < -0.3 is 14.6 Å². The van der Waals surface area contributed by atoms with Crippen LogP contribution in [-0.4, -0.2) is 54.5 Å². The predicted octanol–water partition coefficient (Wildman–Crippen LogP) is 1.92. The number of rotatable bonds is 5. The molecule has 5 nitrogen and oxygen atoms in total. The van der Waals surface area contributed by atoms with Gasteiger partial charge in [0.05, 0.1) is 25.3 Å². The Labute approximate surface area is 121 Å². The molecular formula is C15H26N2O3. The molecule has 114 valence electrons. The summed E-state index contributed by atoms with van der Waals surface area (Å²) >= 11 is 0. The first-order valence-corrected chi connectivity index (χ1v) is 7.28. The van der Waals surface area contributed by atoms with E-state index in [9.17, 15) is 5.11 Å². The van der Waals surface area contributed by atoms with Crippen LogP contribution in [0.15, 0.2) is 16.3 Å². The maximum absolute atomic E-state index is 10.1. The smallest absolute Gasteiger partial charge is 0.217 e. The Balaban J connectivity index is 1.97. The molecule has 0 radical (unpaired) electrons. The van der Waals surface area contributed by atoms with Crippen LogP contribution in [0.2, 0.25) is 0 Å². The van der Waals surface area contributed by atoms with Crippen LogP contribution in [-0.2, 0) is 9.47 Å². The minimum absolute atomic E-state index is 0.371. The van der Waals surface area contributed by atoms with Crippen molar-refractivity contribution in [1.29, 1.82) is 0 Å². The molecule has 1 unspecified atom stereocenters. The average Bonchev–Trinajstić information content (AvgIpc) is 3.18. The van der Waals surface area contributed by atoms with Crippen molar-refractivity contribution in [3.05, 3.63) is 11.3 Å². The topological polar surface area (TPSA) is 54.3 Å². The van der Waals surface area contributed by atoms with Gasteiger partial charge in [0, 0.05) is 18.3 Å². The van der Waals surface area contributed by atoms with Crippen LogP contribution < -0.4 is 0 Å². The van der Waals surface area contributed by atoms with E-state index < -0.39 is 6.41 Å². The molecule has 1 atom stereocenters. The number of ether oxygens (including phenoxy) is 2. The summed E-state index contributed by atoms with van der Waals surface area (Å²) in [5.74, 6) is 0.872. The van der Waals surface area contributed by atoms with E-state index in [1.165, 1.54) is 12.8 Å². The van der Waals surface area contributed by atoms with E-state index in [0.717, 1.165) is 24.3 Å². The molecule has 1 aliphatic heterocycles. The quantitative estimate of drug-likeness (QED) is 0.618. The lowest BCUT2D eigenvalue weighted by Gasteiger charge is -2.35. The van der Waals surface area contributed by atoms with E-state index in [1.54, 1.807) is 7.11 Å². The van der Waals surface area contributed by atoms with Crippen LogP contribution >= 0.6 is 0 Å². The molecule has 1 saturated carbocycles. The van der Waals surface area contributed by atoms with Gasteiger partial charge in [0.25, 0.3) is 0 Å². The molecule has 2 aliphatic rings. The van der Waals surface area contributed by atoms with Crippen LogP contribution in [0.4, 0.5) is 0 Å². The molecule has 2 rings (SSSR count). The third-order valence-corrected chi connectivity index (χ3v) is 3.38. The molecule has 1 fully saturated rings. The number of aliphatic hydroxyl groups is 1. The lowest BCUT2D eigenvalue weighted by Crippen LogP contribution is -2.45. The lowest BCUT2D eigenvalue weighted by atomic mass is 10.1. The predicted molar refractivity (Wildman–Crippen MR) is 78.6 cm³/mol. The van der Waals surface area contributed by atoms with Gasteiger partial charge in [-0.1, -0.05) is 0 Å². The summed E-state index contributed by atoms with van der Waals surface area (Å²) in [4.78, 5) is 6.39. The molecule has 0 aromatic heterocycles. The lowest BCUT2D eigenvalue weighted by molar-refractivity contribution is -0.239. The first kappa shape index (κ1) is 15.5. The molecule has 20 heavy (non-hydrogen) atoms. The molecule has 1 heterocycles. The zero-order valence-corrected chi connectivity index (χ0v) is 12.9. The number of aliphatic imine (C=N–C) groups is 1. The normalized spacial score (nSPS) is 23.4. The van der Waals surface area contributed by atoms with Crippen molar-refractivity contribution < 1.29 is 14.6 Å². The number of hydrogen-bond acceptors (Lipinski definition) is 5. The Morgan fingerprint density at radius 2 is 2.10 bits per heavy atom. The highest BCUT2D eigenvalue weighted by atomic mass is 16.6. The Morgan fingerprint density at radius 3 is 2.65 bits per heavy atom. The fourth-order valence-corrected chi connectivity index (χ4v) is 2.10. The van der Waals surface area contributed by atoms with E-state index in [2.05, 4.69) is 4.99 Å². The van der Waals surface area contributed by atoms with Gasteiger partial charge in [-0.2, -0.15) is 0 Å². The molecule has 1 aliphatic carbocycles. The molecule has 0 spiro atoms. The second kappa shape index (κ2) is 6.24.